The zero-order chi connectivity index (χ0) is 14.4. The van der Waals surface area contributed by atoms with Crippen LogP contribution in [0.25, 0.3) is 0 Å². The van der Waals surface area contributed by atoms with E-state index in [0.29, 0.717) is 22.3 Å². The van der Waals surface area contributed by atoms with Crippen LogP contribution in [0.4, 0.5) is 5.82 Å². The lowest BCUT2D eigenvalue weighted by Gasteiger charge is -2.13. The van der Waals surface area contributed by atoms with Gasteiger partial charge in [-0.3, -0.25) is 0 Å². The number of hydrogen-bond acceptors (Lipinski definition) is 3. The molecule has 1 aromatic heterocycles. The molecular weight excluding hydrogens is 270 g/mol. The number of nitrogens with zero attached hydrogens (tertiary/aromatic N) is 2. The first-order chi connectivity index (χ1) is 9.72. The second-order valence-corrected chi connectivity index (χ2v) is 5.04. The zero-order valence-electron chi connectivity index (χ0n) is 11.3. The number of benzene rings is 1. The highest BCUT2D eigenvalue weighted by molar-refractivity contribution is 6.34. The second-order valence-electron chi connectivity index (χ2n) is 4.66. The van der Waals surface area contributed by atoms with Gasteiger partial charge in [-0.25, -0.2) is 4.98 Å². The number of hydrogen-bond donors (Lipinski definition) is 1. The van der Waals surface area contributed by atoms with E-state index in [-0.39, 0.29) is 0 Å². The first kappa shape index (κ1) is 14.4. The molecule has 0 aliphatic rings. The van der Waals surface area contributed by atoms with E-state index in [9.17, 15) is 0 Å². The van der Waals surface area contributed by atoms with Crippen molar-refractivity contribution < 1.29 is 0 Å². The lowest BCUT2D eigenvalue weighted by atomic mass is 9.98. The van der Waals surface area contributed by atoms with E-state index in [1.165, 1.54) is 5.56 Å². The molecule has 4 heteroatoms. The van der Waals surface area contributed by atoms with E-state index in [0.717, 1.165) is 13.0 Å². The van der Waals surface area contributed by atoms with Gasteiger partial charge in [0.05, 0.1) is 5.56 Å². The highest BCUT2D eigenvalue weighted by atomic mass is 35.5. The number of anilines is 1. The van der Waals surface area contributed by atoms with Crippen molar-refractivity contribution in [2.45, 2.75) is 19.3 Å². The minimum Gasteiger partial charge on any atom is -0.369 e. The number of pyridine rings is 1. The van der Waals surface area contributed by atoms with Gasteiger partial charge in [-0.1, -0.05) is 48.9 Å². The Kier molecular flexibility index (Phi) is 4.97. The summed E-state index contributed by atoms with van der Waals surface area (Å²) in [5, 5.41) is 12.5. The van der Waals surface area contributed by atoms with E-state index < -0.39 is 0 Å². The SMILES string of the molecule is CC(CCNc1nccc(C#N)c1Cl)c1ccccc1. The van der Waals surface area contributed by atoms with Gasteiger partial charge < -0.3 is 5.32 Å². The molecule has 0 aliphatic carbocycles. The van der Waals surface area contributed by atoms with Crippen LogP contribution in [-0.4, -0.2) is 11.5 Å². The Morgan fingerprint density at radius 2 is 2.05 bits per heavy atom. The maximum Gasteiger partial charge on any atom is 0.146 e. The summed E-state index contributed by atoms with van der Waals surface area (Å²) in [6, 6.07) is 14.0. The highest BCUT2D eigenvalue weighted by Gasteiger charge is 2.08. The van der Waals surface area contributed by atoms with E-state index >= 15 is 0 Å². The van der Waals surface area contributed by atoms with Crippen molar-refractivity contribution >= 4 is 17.4 Å². The van der Waals surface area contributed by atoms with Gasteiger partial charge in [-0.05, 0) is 24.0 Å². The van der Waals surface area contributed by atoms with Crippen LogP contribution in [0.5, 0.6) is 0 Å². The molecular formula is C16H16ClN3. The van der Waals surface area contributed by atoms with Gasteiger partial charge in [-0.15, -0.1) is 0 Å². The standard InChI is InChI=1S/C16H16ClN3/c1-12(13-5-3-2-4-6-13)7-9-19-16-15(17)14(11-18)8-10-20-16/h2-6,8,10,12H,7,9H2,1H3,(H,19,20). The van der Waals surface area contributed by atoms with Gasteiger partial charge in [-0.2, -0.15) is 5.26 Å². The van der Waals surface area contributed by atoms with Gasteiger partial charge in [0.25, 0.3) is 0 Å². The molecule has 0 radical (unpaired) electrons. The molecule has 0 fully saturated rings. The van der Waals surface area contributed by atoms with Crippen LogP contribution in [0.2, 0.25) is 5.02 Å². The van der Waals surface area contributed by atoms with Crippen molar-refractivity contribution in [2.24, 2.45) is 0 Å². The van der Waals surface area contributed by atoms with Crippen LogP contribution < -0.4 is 5.32 Å². The van der Waals surface area contributed by atoms with Gasteiger partial charge >= 0.3 is 0 Å². The monoisotopic (exact) mass is 285 g/mol. The minimum atomic E-state index is 0.391. The summed E-state index contributed by atoms with van der Waals surface area (Å²) in [7, 11) is 0. The van der Waals surface area contributed by atoms with Crippen molar-refractivity contribution in [3.05, 3.63) is 58.7 Å². The number of aromatic nitrogens is 1. The molecule has 2 rings (SSSR count). The molecule has 0 saturated carbocycles. The van der Waals surface area contributed by atoms with Crippen LogP contribution in [-0.2, 0) is 0 Å². The first-order valence-electron chi connectivity index (χ1n) is 6.55. The number of nitriles is 1. The van der Waals surface area contributed by atoms with E-state index in [1.54, 1.807) is 12.3 Å². The fourth-order valence-corrected chi connectivity index (χ4v) is 2.23. The summed E-state index contributed by atoms with van der Waals surface area (Å²) >= 11 is 6.09. The van der Waals surface area contributed by atoms with Crippen molar-refractivity contribution in [1.82, 2.24) is 4.98 Å². The molecule has 1 unspecified atom stereocenters. The average molecular weight is 286 g/mol. The Balaban J connectivity index is 1.92. The predicted molar refractivity (Wildman–Crippen MR) is 81.9 cm³/mol. The third kappa shape index (κ3) is 3.49. The quantitative estimate of drug-likeness (QED) is 0.895. The van der Waals surface area contributed by atoms with Gasteiger partial charge in [0.15, 0.2) is 0 Å². The molecule has 20 heavy (non-hydrogen) atoms. The van der Waals surface area contributed by atoms with Crippen LogP contribution in [0.1, 0.15) is 30.4 Å². The van der Waals surface area contributed by atoms with Crippen molar-refractivity contribution in [3.8, 4) is 6.07 Å². The lowest BCUT2D eigenvalue weighted by molar-refractivity contribution is 0.705. The van der Waals surface area contributed by atoms with Crippen molar-refractivity contribution in [2.75, 3.05) is 11.9 Å². The third-order valence-electron chi connectivity index (χ3n) is 3.25. The van der Waals surface area contributed by atoms with E-state index in [2.05, 4.69) is 29.4 Å². The van der Waals surface area contributed by atoms with Crippen LogP contribution in [0.15, 0.2) is 42.6 Å². The molecule has 0 aliphatic heterocycles. The summed E-state index contributed by atoms with van der Waals surface area (Å²) in [6.07, 6.45) is 2.56. The summed E-state index contributed by atoms with van der Waals surface area (Å²) in [5.41, 5.74) is 1.76. The highest BCUT2D eigenvalue weighted by Crippen LogP contribution is 2.24. The maximum absolute atomic E-state index is 8.92. The largest absolute Gasteiger partial charge is 0.369 e. The maximum atomic E-state index is 8.92. The first-order valence-corrected chi connectivity index (χ1v) is 6.93. The summed E-state index contributed by atoms with van der Waals surface area (Å²) < 4.78 is 0. The predicted octanol–water partition coefficient (Wildman–Crippen LogP) is 4.21. The Labute approximate surface area is 124 Å². The summed E-state index contributed by atoms with van der Waals surface area (Å²) in [4.78, 5) is 4.16. The topological polar surface area (TPSA) is 48.7 Å². The fraction of sp³-hybridized carbons (Fsp3) is 0.250. The summed E-state index contributed by atoms with van der Waals surface area (Å²) in [6.45, 7) is 2.95. The second kappa shape index (κ2) is 6.93. The Bertz CT molecular complexity index is 605. The Hall–Kier alpha value is -2.05. The third-order valence-corrected chi connectivity index (χ3v) is 3.63. The molecule has 1 heterocycles. The van der Waals surface area contributed by atoms with Gasteiger partial charge in [0, 0.05) is 12.7 Å². The smallest absolute Gasteiger partial charge is 0.146 e. The summed E-state index contributed by atoms with van der Waals surface area (Å²) in [5.74, 6) is 1.03. The molecule has 0 saturated heterocycles. The molecule has 0 amide bonds. The van der Waals surface area contributed by atoms with Crippen molar-refractivity contribution in [3.63, 3.8) is 0 Å². The zero-order valence-corrected chi connectivity index (χ0v) is 12.1. The number of halogens is 1. The Morgan fingerprint density at radius 1 is 1.30 bits per heavy atom. The molecule has 102 valence electrons. The van der Waals surface area contributed by atoms with Crippen LogP contribution >= 0.6 is 11.6 Å². The lowest BCUT2D eigenvalue weighted by Crippen LogP contribution is -2.07. The van der Waals surface area contributed by atoms with Crippen molar-refractivity contribution in [1.29, 1.82) is 5.26 Å². The van der Waals surface area contributed by atoms with Gasteiger partial charge in [0.2, 0.25) is 0 Å². The average Bonchev–Trinajstić information content (AvgIpc) is 2.49. The minimum absolute atomic E-state index is 0.391. The number of nitrogens with one attached hydrogen (secondary N) is 1. The molecule has 1 atom stereocenters. The fourth-order valence-electron chi connectivity index (χ4n) is 2.01. The molecule has 1 N–H and O–H groups in total. The molecule has 0 bridgehead atoms. The Morgan fingerprint density at radius 3 is 2.75 bits per heavy atom. The molecule has 1 aromatic carbocycles. The van der Waals surface area contributed by atoms with Gasteiger partial charge in [0.1, 0.15) is 16.9 Å². The van der Waals surface area contributed by atoms with Crippen LogP contribution in [0, 0.1) is 11.3 Å². The molecule has 3 nitrogen and oxygen atoms in total. The molecule has 2 aromatic rings. The van der Waals surface area contributed by atoms with E-state index in [1.807, 2.05) is 24.3 Å². The normalized spacial score (nSPS) is 11.7. The molecule has 0 spiro atoms. The van der Waals surface area contributed by atoms with E-state index in [4.69, 9.17) is 16.9 Å². The number of rotatable bonds is 5. The van der Waals surface area contributed by atoms with Crippen LogP contribution in [0.3, 0.4) is 0 Å².